The topological polar surface area (TPSA) is 60.9 Å². The van der Waals surface area contributed by atoms with Gasteiger partial charge in [-0.05, 0) is 29.1 Å². The van der Waals surface area contributed by atoms with E-state index in [1.165, 1.54) is 17.8 Å². The van der Waals surface area contributed by atoms with Crippen molar-refractivity contribution in [2.24, 2.45) is 0 Å². The molecule has 0 unspecified atom stereocenters. The molecule has 1 aromatic heterocycles. The number of fused-ring (bicyclic) bond motifs is 2. The number of nitrogen functional groups attached to an aromatic ring is 1. The molecule has 0 saturated heterocycles. The van der Waals surface area contributed by atoms with Gasteiger partial charge in [0.15, 0.2) is 5.16 Å². The zero-order valence-electron chi connectivity index (χ0n) is 13.1. The highest BCUT2D eigenvalue weighted by Crippen LogP contribution is 2.27. The van der Waals surface area contributed by atoms with Crippen LogP contribution in [0.15, 0.2) is 70.6 Å². The highest BCUT2D eigenvalue weighted by atomic mass is 32.2. The molecule has 4 nitrogen and oxygen atoms in total. The molecule has 4 aromatic rings. The SMILES string of the molecule is Nn1c(SCc2ccc(F)c3ccccc23)nc2ccccc2c1=O. The molecule has 6 heteroatoms. The first-order valence-electron chi connectivity index (χ1n) is 7.71. The van der Waals surface area contributed by atoms with Crippen LogP contribution < -0.4 is 11.4 Å². The lowest BCUT2D eigenvalue weighted by atomic mass is 10.1. The van der Waals surface area contributed by atoms with Gasteiger partial charge < -0.3 is 5.84 Å². The Kier molecular flexibility index (Phi) is 3.89. The predicted molar refractivity (Wildman–Crippen MR) is 99.6 cm³/mol. The molecular formula is C19H14FN3OS. The fraction of sp³-hybridized carbons (Fsp3) is 0.0526. The summed E-state index contributed by atoms with van der Waals surface area (Å²) in [4.78, 5) is 16.8. The Morgan fingerprint density at radius 3 is 2.44 bits per heavy atom. The Hall–Kier alpha value is -2.86. The molecule has 124 valence electrons. The van der Waals surface area contributed by atoms with Crippen molar-refractivity contribution in [2.75, 3.05) is 5.84 Å². The predicted octanol–water partition coefficient (Wildman–Crippen LogP) is 3.69. The van der Waals surface area contributed by atoms with Crippen molar-refractivity contribution in [3.05, 3.63) is 82.4 Å². The largest absolute Gasteiger partial charge is 0.334 e. The van der Waals surface area contributed by atoms with Crippen LogP contribution in [-0.2, 0) is 5.75 Å². The third-order valence-corrected chi connectivity index (χ3v) is 5.09. The first-order chi connectivity index (χ1) is 12.1. The molecule has 4 rings (SSSR count). The summed E-state index contributed by atoms with van der Waals surface area (Å²) in [5.41, 5.74) is 1.29. The molecule has 0 saturated carbocycles. The Bertz CT molecular complexity index is 1160. The van der Waals surface area contributed by atoms with Gasteiger partial charge in [-0.3, -0.25) is 4.79 Å². The van der Waals surface area contributed by atoms with Crippen LogP contribution in [0.4, 0.5) is 4.39 Å². The summed E-state index contributed by atoms with van der Waals surface area (Å²) in [7, 11) is 0. The van der Waals surface area contributed by atoms with Gasteiger partial charge >= 0.3 is 0 Å². The van der Waals surface area contributed by atoms with Crippen LogP contribution in [0.5, 0.6) is 0 Å². The zero-order chi connectivity index (χ0) is 17.4. The number of rotatable bonds is 3. The van der Waals surface area contributed by atoms with E-state index >= 15 is 0 Å². The van der Waals surface area contributed by atoms with Gasteiger partial charge in [-0.25, -0.2) is 14.1 Å². The number of halogens is 1. The Labute approximate surface area is 147 Å². The maximum atomic E-state index is 13.9. The molecule has 0 radical (unpaired) electrons. The lowest BCUT2D eigenvalue weighted by Crippen LogP contribution is -2.29. The highest BCUT2D eigenvalue weighted by Gasteiger charge is 2.11. The van der Waals surface area contributed by atoms with Crippen molar-refractivity contribution in [1.29, 1.82) is 0 Å². The van der Waals surface area contributed by atoms with E-state index in [4.69, 9.17) is 5.84 Å². The van der Waals surface area contributed by atoms with Gasteiger partial charge in [-0.2, -0.15) is 0 Å². The molecule has 3 aromatic carbocycles. The molecule has 1 heterocycles. The summed E-state index contributed by atoms with van der Waals surface area (Å²) in [5.74, 6) is 6.19. The lowest BCUT2D eigenvalue weighted by Gasteiger charge is -2.10. The molecule has 0 aliphatic heterocycles. The smallest absolute Gasteiger partial charge is 0.280 e. The molecule has 0 fully saturated rings. The fourth-order valence-electron chi connectivity index (χ4n) is 2.82. The van der Waals surface area contributed by atoms with Crippen molar-refractivity contribution in [2.45, 2.75) is 10.9 Å². The minimum Gasteiger partial charge on any atom is -0.334 e. The van der Waals surface area contributed by atoms with Gasteiger partial charge in [0.25, 0.3) is 5.56 Å². The third kappa shape index (κ3) is 2.74. The number of nitrogens with zero attached hydrogens (tertiary/aromatic N) is 2. The number of nitrogens with two attached hydrogens (primary N) is 1. The molecule has 0 aliphatic carbocycles. The van der Waals surface area contributed by atoms with Crippen molar-refractivity contribution in [3.63, 3.8) is 0 Å². The molecule has 0 bridgehead atoms. The van der Waals surface area contributed by atoms with E-state index in [0.29, 0.717) is 27.2 Å². The highest BCUT2D eigenvalue weighted by molar-refractivity contribution is 7.98. The van der Waals surface area contributed by atoms with Crippen molar-refractivity contribution >= 4 is 33.4 Å². The minimum absolute atomic E-state index is 0.246. The second-order valence-corrected chi connectivity index (χ2v) is 6.57. The van der Waals surface area contributed by atoms with Crippen molar-refractivity contribution < 1.29 is 4.39 Å². The van der Waals surface area contributed by atoms with E-state index < -0.39 is 0 Å². The molecule has 0 amide bonds. The lowest BCUT2D eigenvalue weighted by molar-refractivity contribution is 0.639. The van der Waals surface area contributed by atoms with E-state index in [-0.39, 0.29) is 11.4 Å². The molecule has 0 spiro atoms. The van der Waals surface area contributed by atoms with Gasteiger partial charge in [0.2, 0.25) is 0 Å². The van der Waals surface area contributed by atoms with Crippen LogP contribution in [0.25, 0.3) is 21.7 Å². The number of thioether (sulfide) groups is 1. The van der Waals surface area contributed by atoms with E-state index in [9.17, 15) is 9.18 Å². The van der Waals surface area contributed by atoms with Gasteiger partial charge in [-0.1, -0.05) is 54.2 Å². The second kappa shape index (κ2) is 6.22. The number of benzene rings is 3. The van der Waals surface area contributed by atoms with Gasteiger partial charge in [0, 0.05) is 11.1 Å². The molecule has 25 heavy (non-hydrogen) atoms. The zero-order valence-corrected chi connectivity index (χ0v) is 14.0. The number of hydrogen-bond donors (Lipinski definition) is 1. The maximum absolute atomic E-state index is 13.9. The molecular weight excluding hydrogens is 337 g/mol. The average molecular weight is 351 g/mol. The van der Waals surface area contributed by atoms with Crippen LogP contribution in [0.1, 0.15) is 5.56 Å². The standard InChI is InChI=1S/C19H14FN3OS/c20-16-10-9-12(13-5-1-2-6-14(13)16)11-25-19-22-17-8-4-3-7-15(17)18(24)23(19)21/h1-10H,11,21H2. The van der Waals surface area contributed by atoms with Crippen LogP contribution in [0.3, 0.4) is 0 Å². The van der Waals surface area contributed by atoms with E-state index in [1.54, 1.807) is 30.3 Å². The molecule has 2 N–H and O–H groups in total. The number of hydrogen-bond acceptors (Lipinski definition) is 4. The fourth-order valence-corrected chi connectivity index (χ4v) is 3.74. The third-order valence-electron chi connectivity index (χ3n) is 4.09. The van der Waals surface area contributed by atoms with Crippen molar-refractivity contribution in [3.8, 4) is 0 Å². The Morgan fingerprint density at radius 2 is 1.64 bits per heavy atom. The van der Waals surface area contributed by atoms with Crippen molar-refractivity contribution in [1.82, 2.24) is 9.66 Å². The summed E-state index contributed by atoms with van der Waals surface area (Å²) in [6, 6.07) is 17.6. The second-order valence-electron chi connectivity index (χ2n) is 5.63. The molecule has 0 aliphatic rings. The first-order valence-corrected chi connectivity index (χ1v) is 8.69. The maximum Gasteiger partial charge on any atom is 0.280 e. The number of aromatic nitrogens is 2. The summed E-state index contributed by atoms with van der Waals surface area (Å²) >= 11 is 1.35. The van der Waals surface area contributed by atoms with Crippen LogP contribution >= 0.6 is 11.8 Å². The van der Waals surface area contributed by atoms with Crippen LogP contribution in [-0.4, -0.2) is 9.66 Å². The Balaban J connectivity index is 1.73. The summed E-state index contributed by atoms with van der Waals surface area (Å²) in [5, 5.41) is 2.35. The van der Waals surface area contributed by atoms with Crippen LogP contribution in [0, 0.1) is 5.82 Å². The number of para-hydroxylation sites is 1. The minimum atomic E-state index is -0.280. The normalized spacial score (nSPS) is 11.2. The van der Waals surface area contributed by atoms with Gasteiger partial charge in [-0.15, -0.1) is 0 Å². The summed E-state index contributed by atoms with van der Waals surface area (Å²) in [6.45, 7) is 0. The monoisotopic (exact) mass is 351 g/mol. The Morgan fingerprint density at radius 1 is 0.960 bits per heavy atom. The van der Waals surface area contributed by atoms with Crippen LogP contribution in [0.2, 0.25) is 0 Å². The van der Waals surface area contributed by atoms with E-state index in [2.05, 4.69) is 4.98 Å². The summed E-state index contributed by atoms with van der Waals surface area (Å²) in [6.07, 6.45) is 0. The van der Waals surface area contributed by atoms with E-state index in [0.717, 1.165) is 15.6 Å². The first kappa shape index (κ1) is 15.7. The average Bonchev–Trinajstić information content (AvgIpc) is 2.65. The van der Waals surface area contributed by atoms with Gasteiger partial charge in [0.05, 0.1) is 10.9 Å². The quantitative estimate of drug-likeness (QED) is 0.347. The summed E-state index contributed by atoms with van der Waals surface area (Å²) < 4.78 is 15.0. The van der Waals surface area contributed by atoms with E-state index in [1.807, 2.05) is 24.3 Å². The van der Waals surface area contributed by atoms with Gasteiger partial charge in [0.1, 0.15) is 5.82 Å². The molecule has 0 atom stereocenters.